The minimum atomic E-state index is -3.47. The highest BCUT2D eigenvalue weighted by molar-refractivity contribution is 7.91. The molecule has 0 fully saturated rings. The fourth-order valence-corrected chi connectivity index (χ4v) is 2.28. The lowest BCUT2D eigenvalue weighted by Crippen LogP contribution is -2.40. The van der Waals surface area contributed by atoms with E-state index in [-0.39, 0.29) is 13.1 Å². The second kappa shape index (κ2) is 6.38. The van der Waals surface area contributed by atoms with Gasteiger partial charge in [-0.25, -0.2) is 8.42 Å². The minimum absolute atomic E-state index is 0.0718. The molecule has 0 unspecified atom stereocenters. The van der Waals surface area contributed by atoms with Crippen molar-refractivity contribution in [2.45, 2.75) is 6.54 Å². The Bertz CT molecular complexity index is 613. The van der Waals surface area contributed by atoms with Gasteiger partial charge in [-0.15, -0.1) is 0 Å². The van der Waals surface area contributed by atoms with Crippen molar-refractivity contribution in [2.75, 3.05) is 24.3 Å². The number of primary amides is 1. The molecule has 0 radical (unpaired) electrons. The lowest BCUT2D eigenvalue weighted by Gasteiger charge is -2.21. The van der Waals surface area contributed by atoms with Crippen LogP contribution in [0.1, 0.15) is 5.56 Å². The van der Waals surface area contributed by atoms with Gasteiger partial charge in [-0.05, 0) is 17.7 Å². The van der Waals surface area contributed by atoms with Crippen molar-refractivity contribution in [3.05, 3.63) is 29.8 Å². The molecule has 110 valence electrons. The second-order valence-corrected chi connectivity index (χ2v) is 6.67. The van der Waals surface area contributed by atoms with Gasteiger partial charge in [0.05, 0.1) is 6.54 Å². The lowest BCUT2D eigenvalue weighted by atomic mass is 10.2. The standard InChI is InChI=1S/C12H17N3O4S/c1-20(18,19)8-12(17)15(7-11(14)16)6-9-3-2-4-10(13)5-9/h2-5H,6-8,13H2,1H3,(H2,14,16). The Morgan fingerprint density at radius 3 is 2.45 bits per heavy atom. The van der Waals surface area contributed by atoms with E-state index in [0.29, 0.717) is 11.3 Å². The van der Waals surface area contributed by atoms with Crippen LogP contribution < -0.4 is 11.5 Å². The molecule has 0 saturated heterocycles. The van der Waals surface area contributed by atoms with Gasteiger partial charge in [-0.1, -0.05) is 12.1 Å². The highest BCUT2D eigenvalue weighted by Gasteiger charge is 2.20. The molecule has 1 aromatic carbocycles. The molecule has 2 amide bonds. The van der Waals surface area contributed by atoms with Gasteiger partial charge in [-0.2, -0.15) is 0 Å². The molecule has 0 spiro atoms. The number of rotatable bonds is 6. The molecular weight excluding hydrogens is 282 g/mol. The Morgan fingerprint density at radius 2 is 1.95 bits per heavy atom. The smallest absolute Gasteiger partial charge is 0.238 e. The summed E-state index contributed by atoms with van der Waals surface area (Å²) in [5.41, 5.74) is 11.9. The fraction of sp³-hybridized carbons (Fsp3) is 0.333. The summed E-state index contributed by atoms with van der Waals surface area (Å²) in [4.78, 5) is 24.0. The van der Waals surface area contributed by atoms with E-state index in [2.05, 4.69) is 0 Å². The number of anilines is 1. The summed E-state index contributed by atoms with van der Waals surface area (Å²) >= 11 is 0. The number of nitrogen functional groups attached to an aromatic ring is 1. The summed E-state index contributed by atoms with van der Waals surface area (Å²) in [6.45, 7) is -0.272. The van der Waals surface area contributed by atoms with Crippen LogP contribution in [0.4, 0.5) is 5.69 Å². The van der Waals surface area contributed by atoms with Gasteiger partial charge >= 0.3 is 0 Å². The van der Waals surface area contributed by atoms with Crippen LogP contribution in [0, 0.1) is 0 Å². The topological polar surface area (TPSA) is 124 Å². The third-order valence-electron chi connectivity index (χ3n) is 2.41. The molecule has 0 aliphatic heterocycles. The van der Waals surface area contributed by atoms with Gasteiger partial charge in [0.2, 0.25) is 11.8 Å². The van der Waals surface area contributed by atoms with Crippen molar-refractivity contribution in [2.24, 2.45) is 5.73 Å². The number of benzene rings is 1. The molecule has 1 rings (SSSR count). The van der Waals surface area contributed by atoms with Crippen molar-refractivity contribution in [3.63, 3.8) is 0 Å². The normalized spacial score (nSPS) is 11.1. The first-order valence-electron chi connectivity index (χ1n) is 5.75. The first kappa shape index (κ1) is 16.0. The van der Waals surface area contributed by atoms with Crippen LogP contribution in [-0.2, 0) is 26.0 Å². The van der Waals surface area contributed by atoms with E-state index in [0.717, 1.165) is 11.2 Å². The molecule has 8 heteroatoms. The number of nitrogens with two attached hydrogens (primary N) is 2. The fourth-order valence-electron chi connectivity index (χ4n) is 1.65. The van der Waals surface area contributed by atoms with E-state index in [9.17, 15) is 18.0 Å². The van der Waals surface area contributed by atoms with Crippen molar-refractivity contribution in [1.29, 1.82) is 0 Å². The molecular formula is C12H17N3O4S. The van der Waals surface area contributed by atoms with Gasteiger partial charge < -0.3 is 16.4 Å². The Morgan fingerprint density at radius 1 is 1.30 bits per heavy atom. The predicted octanol–water partition coefficient (Wildman–Crippen LogP) is -0.873. The predicted molar refractivity (Wildman–Crippen MR) is 75.2 cm³/mol. The van der Waals surface area contributed by atoms with E-state index < -0.39 is 27.4 Å². The summed E-state index contributed by atoms with van der Waals surface area (Å²) < 4.78 is 22.3. The second-order valence-electron chi connectivity index (χ2n) is 4.53. The molecule has 1 aromatic rings. The van der Waals surface area contributed by atoms with Crippen LogP contribution >= 0.6 is 0 Å². The average Bonchev–Trinajstić information content (AvgIpc) is 2.25. The van der Waals surface area contributed by atoms with Gasteiger partial charge in [0.1, 0.15) is 5.75 Å². The summed E-state index contributed by atoms with van der Waals surface area (Å²) in [5, 5.41) is 0. The van der Waals surface area contributed by atoms with Gasteiger partial charge in [0, 0.05) is 18.5 Å². The maximum Gasteiger partial charge on any atom is 0.238 e. The Kier molecular flexibility index (Phi) is 5.09. The highest BCUT2D eigenvalue weighted by Crippen LogP contribution is 2.10. The Hall–Kier alpha value is -2.09. The zero-order chi connectivity index (χ0) is 15.3. The number of hydrogen-bond acceptors (Lipinski definition) is 5. The number of carbonyl (C=O) groups is 2. The Labute approximate surface area is 117 Å². The number of amides is 2. The maximum absolute atomic E-state index is 11.9. The molecule has 0 aliphatic rings. The first-order valence-corrected chi connectivity index (χ1v) is 7.81. The first-order chi connectivity index (χ1) is 9.17. The van der Waals surface area contributed by atoms with Crippen molar-refractivity contribution in [3.8, 4) is 0 Å². The van der Waals surface area contributed by atoms with Gasteiger partial charge in [-0.3, -0.25) is 9.59 Å². The number of sulfone groups is 1. The average molecular weight is 299 g/mol. The van der Waals surface area contributed by atoms with Crippen molar-refractivity contribution in [1.82, 2.24) is 4.90 Å². The SMILES string of the molecule is CS(=O)(=O)CC(=O)N(CC(N)=O)Cc1cccc(N)c1. The quantitative estimate of drug-likeness (QED) is 0.661. The monoisotopic (exact) mass is 299 g/mol. The van der Waals surface area contributed by atoms with Crippen molar-refractivity contribution >= 4 is 27.3 Å². The van der Waals surface area contributed by atoms with Gasteiger partial charge in [0.15, 0.2) is 9.84 Å². The molecule has 0 bridgehead atoms. The van der Waals surface area contributed by atoms with Crippen LogP contribution in [-0.4, -0.2) is 43.7 Å². The van der Waals surface area contributed by atoms with E-state index in [1.54, 1.807) is 24.3 Å². The number of hydrogen-bond donors (Lipinski definition) is 2. The van der Waals surface area contributed by atoms with Crippen LogP contribution in [0.3, 0.4) is 0 Å². The summed E-state index contributed by atoms with van der Waals surface area (Å²) in [5.74, 6) is -2.05. The summed E-state index contributed by atoms with van der Waals surface area (Å²) in [6, 6.07) is 6.74. The molecule has 0 saturated carbocycles. The zero-order valence-electron chi connectivity index (χ0n) is 11.1. The molecule has 0 aromatic heterocycles. The molecule has 0 heterocycles. The highest BCUT2D eigenvalue weighted by atomic mass is 32.2. The number of nitrogens with zero attached hydrogens (tertiary/aromatic N) is 1. The third kappa shape index (κ3) is 5.70. The largest absolute Gasteiger partial charge is 0.399 e. The van der Waals surface area contributed by atoms with Crippen LogP contribution in [0.15, 0.2) is 24.3 Å². The van der Waals surface area contributed by atoms with Crippen LogP contribution in [0.2, 0.25) is 0 Å². The Balaban J connectivity index is 2.89. The molecule has 4 N–H and O–H groups in total. The van der Waals surface area contributed by atoms with Crippen LogP contribution in [0.5, 0.6) is 0 Å². The molecule has 0 aliphatic carbocycles. The lowest BCUT2D eigenvalue weighted by molar-refractivity contribution is -0.133. The van der Waals surface area contributed by atoms with E-state index in [1.807, 2.05) is 0 Å². The third-order valence-corrected chi connectivity index (χ3v) is 3.18. The zero-order valence-corrected chi connectivity index (χ0v) is 11.9. The maximum atomic E-state index is 11.9. The molecule has 7 nitrogen and oxygen atoms in total. The van der Waals surface area contributed by atoms with Crippen molar-refractivity contribution < 1.29 is 18.0 Å². The van der Waals surface area contributed by atoms with Crippen LogP contribution in [0.25, 0.3) is 0 Å². The molecule has 20 heavy (non-hydrogen) atoms. The number of carbonyl (C=O) groups excluding carboxylic acids is 2. The summed E-state index contributed by atoms with van der Waals surface area (Å²) in [7, 11) is -3.47. The van der Waals surface area contributed by atoms with E-state index in [4.69, 9.17) is 11.5 Å². The van der Waals surface area contributed by atoms with E-state index >= 15 is 0 Å². The minimum Gasteiger partial charge on any atom is -0.399 e. The summed E-state index contributed by atoms with van der Waals surface area (Å²) in [6.07, 6.45) is 0.952. The van der Waals surface area contributed by atoms with E-state index in [1.165, 1.54) is 0 Å². The molecule has 0 atom stereocenters. The van der Waals surface area contributed by atoms with Gasteiger partial charge in [0.25, 0.3) is 0 Å².